The van der Waals surface area contributed by atoms with Gasteiger partial charge in [-0.15, -0.1) is 0 Å². The Balaban J connectivity index is 1.84. The molecule has 3 rings (SSSR count). The average molecular weight is 283 g/mol. The Labute approximate surface area is 126 Å². The smallest absolute Gasteiger partial charge is 0.137 e. The second-order valence-electron chi connectivity index (χ2n) is 5.50. The zero-order valence-electron chi connectivity index (χ0n) is 12.7. The Hall–Kier alpha value is -1.84. The third kappa shape index (κ3) is 2.67. The van der Waals surface area contributed by atoms with E-state index in [0.29, 0.717) is 6.04 Å². The van der Waals surface area contributed by atoms with Gasteiger partial charge in [-0.3, -0.25) is 4.90 Å². The van der Waals surface area contributed by atoms with Crippen molar-refractivity contribution >= 4 is 0 Å². The Bertz CT molecular complexity index is 582. The molecule has 1 heterocycles. The molecule has 0 N–H and O–H groups in total. The second kappa shape index (κ2) is 5.88. The summed E-state index contributed by atoms with van der Waals surface area (Å²) < 4.78 is 11.5. The van der Waals surface area contributed by atoms with E-state index < -0.39 is 0 Å². The highest BCUT2D eigenvalue weighted by Gasteiger charge is 2.38. The first-order chi connectivity index (χ1) is 10.2. The van der Waals surface area contributed by atoms with Crippen LogP contribution in [0.3, 0.4) is 0 Å². The molecule has 0 radical (unpaired) electrons. The van der Waals surface area contributed by atoms with E-state index in [0.717, 1.165) is 11.3 Å². The lowest BCUT2D eigenvalue weighted by molar-refractivity contribution is 0.00558. The van der Waals surface area contributed by atoms with Gasteiger partial charge in [-0.2, -0.15) is 0 Å². The predicted molar refractivity (Wildman–Crippen MR) is 83.2 cm³/mol. The zero-order chi connectivity index (χ0) is 14.8. The second-order valence-corrected chi connectivity index (χ2v) is 5.50. The summed E-state index contributed by atoms with van der Waals surface area (Å²) in [6.45, 7) is 2.21. The Morgan fingerprint density at radius 1 is 0.952 bits per heavy atom. The van der Waals surface area contributed by atoms with E-state index in [1.807, 2.05) is 18.2 Å². The molecule has 0 amide bonds. The van der Waals surface area contributed by atoms with E-state index in [1.165, 1.54) is 5.56 Å². The van der Waals surface area contributed by atoms with E-state index >= 15 is 0 Å². The van der Waals surface area contributed by atoms with Crippen LogP contribution in [-0.4, -0.2) is 25.1 Å². The summed E-state index contributed by atoms with van der Waals surface area (Å²) in [5.41, 5.74) is 2.39. The minimum absolute atomic E-state index is 0.0175. The van der Waals surface area contributed by atoms with Crippen molar-refractivity contribution in [1.82, 2.24) is 4.90 Å². The van der Waals surface area contributed by atoms with Crippen molar-refractivity contribution in [3.63, 3.8) is 0 Å². The highest BCUT2D eigenvalue weighted by molar-refractivity contribution is 5.29. The molecule has 0 bridgehead atoms. The Morgan fingerprint density at radius 3 is 2.24 bits per heavy atom. The van der Waals surface area contributed by atoms with Crippen molar-refractivity contribution < 1.29 is 9.47 Å². The molecule has 0 aliphatic carbocycles. The molecule has 21 heavy (non-hydrogen) atoms. The van der Waals surface area contributed by atoms with Crippen LogP contribution < -0.4 is 4.74 Å². The maximum Gasteiger partial charge on any atom is 0.137 e. The fraction of sp³-hybridized carbons (Fsp3) is 0.333. The molecule has 2 aromatic rings. The van der Waals surface area contributed by atoms with E-state index in [2.05, 4.69) is 55.3 Å². The van der Waals surface area contributed by atoms with Gasteiger partial charge in [0.15, 0.2) is 0 Å². The molecular formula is C18H21NO2. The van der Waals surface area contributed by atoms with E-state index in [1.54, 1.807) is 7.11 Å². The summed E-state index contributed by atoms with van der Waals surface area (Å²) in [6.07, 6.45) is 0.0828. The van der Waals surface area contributed by atoms with Crippen LogP contribution in [0.25, 0.3) is 0 Å². The molecule has 1 aliphatic heterocycles. The molecule has 110 valence electrons. The number of nitrogens with zero attached hydrogens (tertiary/aromatic N) is 1. The van der Waals surface area contributed by atoms with Crippen molar-refractivity contribution in [3.8, 4) is 5.75 Å². The number of hydrogen-bond donors (Lipinski definition) is 0. The highest BCUT2D eigenvalue weighted by atomic mass is 16.5. The Kier molecular flexibility index (Phi) is 3.95. The standard InChI is InChI=1S/C18H21NO2/c1-13-17(14-7-5-4-6-8-14)21-18(19(13)2)15-9-11-16(20-3)12-10-15/h4-13,17-18H,1-3H3/t13-,17-,18-/m0/s1. The van der Waals surface area contributed by atoms with Gasteiger partial charge in [-0.25, -0.2) is 0 Å². The number of hydrogen-bond acceptors (Lipinski definition) is 3. The summed E-state index contributed by atoms with van der Waals surface area (Å²) in [5.74, 6) is 0.868. The third-order valence-corrected chi connectivity index (χ3v) is 4.26. The SMILES string of the molecule is COc1ccc([C@@H]2O[C@H](c3ccccc3)[C@H](C)N2C)cc1. The van der Waals surface area contributed by atoms with E-state index in [4.69, 9.17) is 9.47 Å². The minimum Gasteiger partial charge on any atom is -0.497 e. The van der Waals surface area contributed by atoms with Gasteiger partial charge >= 0.3 is 0 Å². The van der Waals surface area contributed by atoms with Gasteiger partial charge in [-0.05, 0) is 37.2 Å². The van der Waals surface area contributed by atoms with Crippen LogP contribution in [-0.2, 0) is 4.74 Å². The number of likely N-dealkylation sites (N-methyl/N-ethyl adjacent to an activating group) is 1. The molecule has 1 aliphatic rings. The molecule has 0 unspecified atom stereocenters. The molecule has 0 aromatic heterocycles. The van der Waals surface area contributed by atoms with Gasteiger partial charge in [0.2, 0.25) is 0 Å². The maximum absolute atomic E-state index is 6.32. The molecular weight excluding hydrogens is 262 g/mol. The molecule has 2 aromatic carbocycles. The fourth-order valence-corrected chi connectivity index (χ4v) is 2.86. The summed E-state index contributed by atoms with van der Waals surface area (Å²) in [5, 5.41) is 0. The largest absolute Gasteiger partial charge is 0.497 e. The molecule has 3 nitrogen and oxygen atoms in total. The first-order valence-corrected chi connectivity index (χ1v) is 7.27. The predicted octanol–water partition coefficient (Wildman–Crippen LogP) is 3.79. The first kappa shape index (κ1) is 14.1. The van der Waals surface area contributed by atoms with Gasteiger partial charge < -0.3 is 9.47 Å². The topological polar surface area (TPSA) is 21.7 Å². The number of methoxy groups -OCH3 is 1. The number of rotatable bonds is 3. The van der Waals surface area contributed by atoms with Crippen molar-refractivity contribution in [1.29, 1.82) is 0 Å². The van der Waals surface area contributed by atoms with Crippen molar-refractivity contribution in [3.05, 3.63) is 65.7 Å². The van der Waals surface area contributed by atoms with Gasteiger partial charge in [0.25, 0.3) is 0 Å². The zero-order valence-corrected chi connectivity index (χ0v) is 12.7. The minimum atomic E-state index is -0.0175. The lowest BCUT2D eigenvalue weighted by Crippen LogP contribution is -2.27. The molecule has 0 saturated carbocycles. The summed E-state index contributed by atoms with van der Waals surface area (Å²) in [6, 6.07) is 18.8. The third-order valence-electron chi connectivity index (χ3n) is 4.26. The van der Waals surface area contributed by atoms with Crippen molar-refractivity contribution in [2.24, 2.45) is 0 Å². The van der Waals surface area contributed by atoms with E-state index in [-0.39, 0.29) is 12.3 Å². The van der Waals surface area contributed by atoms with Crippen molar-refractivity contribution in [2.45, 2.75) is 25.3 Å². The molecule has 0 spiro atoms. The lowest BCUT2D eigenvalue weighted by atomic mass is 10.0. The van der Waals surface area contributed by atoms with Crippen LogP contribution >= 0.6 is 0 Å². The maximum atomic E-state index is 6.32. The summed E-state index contributed by atoms with van der Waals surface area (Å²) in [4.78, 5) is 2.28. The highest BCUT2D eigenvalue weighted by Crippen LogP contribution is 2.41. The molecule has 3 heteroatoms. The number of ether oxygens (including phenoxy) is 2. The fourth-order valence-electron chi connectivity index (χ4n) is 2.86. The average Bonchev–Trinajstić information content (AvgIpc) is 2.84. The van der Waals surface area contributed by atoms with Crippen LogP contribution in [0.15, 0.2) is 54.6 Å². The Morgan fingerprint density at radius 2 is 1.62 bits per heavy atom. The summed E-state index contributed by atoms with van der Waals surface area (Å²) in [7, 11) is 3.79. The van der Waals surface area contributed by atoms with Crippen LogP contribution in [0.2, 0.25) is 0 Å². The van der Waals surface area contributed by atoms with E-state index in [9.17, 15) is 0 Å². The van der Waals surface area contributed by atoms with Gasteiger partial charge in [0.1, 0.15) is 18.1 Å². The quantitative estimate of drug-likeness (QED) is 0.855. The molecule has 3 atom stereocenters. The van der Waals surface area contributed by atoms with Crippen molar-refractivity contribution in [2.75, 3.05) is 14.2 Å². The van der Waals surface area contributed by atoms with Gasteiger partial charge in [0.05, 0.1) is 7.11 Å². The van der Waals surface area contributed by atoms with Crippen LogP contribution in [0.4, 0.5) is 0 Å². The number of benzene rings is 2. The van der Waals surface area contributed by atoms with Crippen LogP contribution in [0.1, 0.15) is 30.4 Å². The normalized spacial score (nSPS) is 26.0. The van der Waals surface area contributed by atoms with Gasteiger partial charge in [-0.1, -0.05) is 42.5 Å². The van der Waals surface area contributed by atoms with Gasteiger partial charge in [0, 0.05) is 6.04 Å². The monoisotopic (exact) mass is 283 g/mol. The molecule has 1 saturated heterocycles. The van der Waals surface area contributed by atoms with Crippen LogP contribution in [0.5, 0.6) is 5.75 Å². The summed E-state index contributed by atoms with van der Waals surface area (Å²) >= 11 is 0. The lowest BCUT2D eigenvalue weighted by Gasteiger charge is -2.21. The molecule has 1 fully saturated rings. The van der Waals surface area contributed by atoms with Crippen LogP contribution in [0, 0.1) is 0 Å². The first-order valence-electron chi connectivity index (χ1n) is 7.27.